The van der Waals surface area contributed by atoms with Crippen LogP contribution in [0.1, 0.15) is 46.8 Å². The smallest absolute Gasteiger partial charge is 0.269 e. The summed E-state index contributed by atoms with van der Waals surface area (Å²) < 4.78 is 13.4. The Labute approximate surface area is 201 Å². The van der Waals surface area contributed by atoms with Crippen molar-refractivity contribution >= 4 is 40.1 Å². The van der Waals surface area contributed by atoms with Crippen LogP contribution in [0.25, 0.3) is 0 Å². The monoisotopic (exact) mass is 556 g/mol. The average Bonchev–Trinajstić information content (AvgIpc) is 3.14. The van der Waals surface area contributed by atoms with Gasteiger partial charge in [-0.1, -0.05) is 13.8 Å². The van der Waals surface area contributed by atoms with Gasteiger partial charge in [-0.3, -0.25) is 19.2 Å². The summed E-state index contributed by atoms with van der Waals surface area (Å²) in [6, 6.07) is 1.70. The van der Waals surface area contributed by atoms with Crippen LogP contribution in [-0.2, 0) is 17.7 Å². The molecule has 3 rings (SSSR count). The van der Waals surface area contributed by atoms with Gasteiger partial charge >= 0.3 is 0 Å². The first-order valence-electron chi connectivity index (χ1n) is 10.7. The number of ether oxygens (including phenoxy) is 2. The molecule has 10 nitrogen and oxygen atoms in total. The molecule has 1 aliphatic rings. The first-order valence-corrected chi connectivity index (χ1v) is 11.8. The van der Waals surface area contributed by atoms with Crippen LogP contribution in [0.4, 0.5) is 5.69 Å². The lowest BCUT2D eigenvalue weighted by atomic mass is 10.2. The van der Waals surface area contributed by atoms with Gasteiger partial charge in [0, 0.05) is 29.4 Å². The molecule has 0 aromatic carbocycles. The zero-order valence-electron chi connectivity index (χ0n) is 18.4. The molecule has 174 valence electrons. The van der Waals surface area contributed by atoms with E-state index in [0.29, 0.717) is 56.3 Å². The number of nitrogens with two attached hydrogens (primary N) is 1. The number of nitrogens with one attached hydrogen (secondary N) is 1. The van der Waals surface area contributed by atoms with E-state index in [9.17, 15) is 9.59 Å². The van der Waals surface area contributed by atoms with Crippen molar-refractivity contribution in [1.82, 2.24) is 19.7 Å². The first-order chi connectivity index (χ1) is 15.4. The maximum atomic E-state index is 13.2. The Balaban J connectivity index is 1.87. The zero-order valence-corrected chi connectivity index (χ0v) is 20.6. The molecule has 3 heterocycles. The molecule has 1 fully saturated rings. The second-order valence-electron chi connectivity index (χ2n) is 7.37. The van der Waals surface area contributed by atoms with Crippen molar-refractivity contribution in [2.24, 2.45) is 5.73 Å². The molecule has 0 atom stereocenters. The number of rotatable bonds is 10. The number of aromatic nitrogens is 3. The third-order valence-electron chi connectivity index (χ3n) is 5.07. The Bertz CT molecular complexity index is 958. The third-order valence-corrected chi connectivity index (χ3v) is 5.66. The molecule has 0 aliphatic carbocycles. The normalized spacial score (nSPS) is 14.3. The van der Waals surface area contributed by atoms with Gasteiger partial charge in [-0.05, 0) is 41.5 Å². The number of carbonyl (C=O) groups is 2. The predicted octanol–water partition coefficient (Wildman–Crippen LogP) is 1.92. The highest BCUT2D eigenvalue weighted by Crippen LogP contribution is 2.25. The van der Waals surface area contributed by atoms with Crippen LogP contribution in [-0.4, -0.2) is 70.9 Å². The van der Waals surface area contributed by atoms with E-state index in [2.05, 4.69) is 42.9 Å². The van der Waals surface area contributed by atoms with E-state index in [-0.39, 0.29) is 11.6 Å². The highest BCUT2D eigenvalue weighted by atomic mass is 127. The molecule has 1 aliphatic heterocycles. The topological polar surface area (TPSA) is 125 Å². The number of anilines is 1. The number of halogens is 1. The highest BCUT2D eigenvalue weighted by molar-refractivity contribution is 14.1. The van der Waals surface area contributed by atoms with Crippen molar-refractivity contribution in [2.75, 3.05) is 44.8 Å². The molecule has 11 heteroatoms. The summed E-state index contributed by atoms with van der Waals surface area (Å²) >= 11 is 2.09. The van der Waals surface area contributed by atoms with Crippen LogP contribution in [0.2, 0.25) is 0 Å². The van der Waals surface area contributed by atoms with E-state index < -0.39 is 11.8 Å². The van der Waals surface area contributed by atoms with Crippen molar-refractivity contribution in [1.29, 1.82) is 0 Å². The van der Waals surface area contributed by atoms with E-state index >= 15 is 0 Å². The van der Waals surface area contributed by atoms with Gasteiger partial charge < -0.3 is 20.5 Å². The minimum absolute atomic E-state index is 0.193. The largest absolute Gasteiger partial charge is 0.477 e. The minimum Gasteiger partial charge on any atom is -0.477 e. The molecule has 0 saturated carbocycles. The first kappa shape index (κ1) is 24.4. The van der Waals surface area contributed by atoms with Crippen LogP contribution < -0.4 is 15.8 Å². The lowest BCUT2D eigenvalue weighted by molar-refractivity contribution is 0.0358. The molecular formula is C21H29IN6O4. The Kier molecular flexibility index (Phi) is 8.82. The van der Waals surface area contributed by atoms with Gasteiger partial charge in [-0.15, -0.1) is 0 Å². The molecule has 2 aromatic rings. The van der Waals surface area contributed by atoms with Crippen LogP contribution >= 0.6 is 22.6 Å². The minimum atomic E-state index is -0.641. The van der Waals surface area contributed by atoms with Gasteiger partial charge in [0.25, 0.3) is 11.8 Å². The number of morpholine rings is 1. The lowest BCUT2D eigenvalue weighted by Gasteiger charge is -2.26. The molecule has 0 radical (unpaired) electrons. The summed E-state index contributed by atoms with van der Waals surface area (Å²) in [6.45, 7) is 8.57. The van der Waals surface area contributed by atoms with Crippen molar-refractivity contribution in [3.8, 4) is 5.88 Å². The fourth-order valence-electron chi connectivity index (χ4n) is 3.45. The lowest BCUT2D eigenvalue weighted by Crippen LogP contribution is -2.38. The molecule has 2 aromatic heterocycles. The number of pyridine rings is 1. The van der Waals surface area contributed by atoms with E-state index in [4.69, 9.17) is 15.2 Å². The van der Waals surface area contributed by atoms with Crippen molar-refractivity contribution in [2.45, 2.75) is 33.2 Å². The number of hydrogen-bond donors (Lipinski definition) is 2. The summed E-state index contributed by atoms with van der Waals surface area (Å²) in [7, 11) is 0. The molecule has 0 bridgehead atoms. The molecule has 0 unspecified atom stereocenters. The SMILES string of the molecule is CCCOc1ncc(I)cc1C(=O)Nc1c(CC)nn(CCN2CCOCC2)c1C(N)=O. The number of aryl methyl sites for hydroxylation is 1. The van der Waals surface area contributed by atoms with Gasteiger partial charge in [0.15, 0.2) is 0 Å². The highest BCUT2D eigenvalue weighted by Gasteiger charge is 2.25. The second-order valence-corrected chi connectivity index (χ2v) is 8.62. The van der Waals surface area contributed by atoms with E-state index in [1.807, 2.05) is 13.8 Å². The molecule has 3 N–H and O–H groups in total. The van der Waals surface area contributed by atoms with Crippen molar-refractivity contribution in [3.63, 3.8) is 0 Å². The van der Waals surface area contributed by atoms with Crippen LogP contribution in [0.15, 0.2) is 12.3 Å². The molecule has 1 saturated heterocycles. The Morgan fingerprint density at radius 1 is 1.28 bits per heavy atom. The Morgan fingerprint density at radius 2 is 2.03 bits per heavy atom. The van der Waals surface area contributed by atoms with Crippen molar-refractivity contribution in [3.05, 3.63) is 32.8 Å². The standard InChI is InChI=1S/C21H29IN6O4/c1-3-9-32-21-15(12-14(22)13-24-21)20(30)25-17-16(4-2)26-28(18(17)19(23)29)6-5-27-7-10-31-11-8-27/h12-13H,3-11H2,1-2H3,(H2,23,29)(H,25,30). The molecule has 2 amide bonds. The summed E-state index contributed by atoms with van der Waals surface area (Å²) in [5.41, 5.74) is 7.13. The van der Waals surface area contributed by atoms with E-state index in [1.54, 1.807) is 16.9 Å². The van der Waals surface area contributed by atoms with Gasteiger partial charge in [-0.25, -0.2) is 4.98 Å². The predicted molar refractivity (Wildman–Crippen MR) is 128 cm³/mol. The average molecular weight is 556 g/mol. The zero-order chi connectivity index (χ0) is 23.1. The number of amides is 2. The quantitative estimate of drug-likeness (QED) is 0.429. The summed E-state index contributed by atoms with van der Waals surface area (Å²) in [5, 5.41) is 7.42. The number of nitrogens with zero attached hydrogens (tertiary/aromatic N) is 4. The maximum absolute atomic E-state index is 13.2. The Morgan fingerprint density at radius 3 is 2.69 bits per heavy atom. The fraction of sp³-hybridized carbons (Fsp3) is 0.524. The van der Waals surface area contributed by atoms with Crippen LogP contribution in [0.3, 0.4) is 0 Å². The number of hydrogen-bond acceptors (Lipinski definition) is 7. The Hall–Kier alpha value is -2.25. The maximum Gasteiger partial charge on any atom is 0.269 e. The van der Waals surface area contributed by atoms with Crippen LogP contribution in [0.5, 0.6) is 5.88 Å². The fourth-order valence-corrected chi connectivity index (χ4v) is 3.90. The van der Waals surface area contributed by atoms with Crippen LogP contribution in [0, 0.1) is 3.57 Å². The summed E-state index contributed by atoms with van der Waals surface area (Å²) in [6.07, 6.45) is 2.96. The van der Waals surface area contributed by atoms with Crippen molar-refractivity contribution < 1.29 is 19.1 Å². The third kappa shape index (κ3) is 5.95. The molecule has 0 spiro atoms. The van der Waals surface area contributed by atoms with Gasteiger partial charge in [0.05, 0.1) is 37.7 Å². The van der Waals surface area contributed by atoms with Gasteiger partial charge in [-0.2, -0.15) is 5.10 Å². The summed E-state index contributed by atoms with van der Waals surface area (Å²) in [4.78, 5) is 32.0. The van der Waals surface area contributed by atoms with Gasteiger partial charge in [0.2, 0.25) is 5.88 Å². The van der Waals surface area contributed by atoms with Gasteiger partial charge in [0.1, 0.15) is 11.3 Å². The number of carbonyl (C=O) groups excluding carboxylic acids is 2. The summed E-state index contributed by atoms with van der Waals surface area (Å²) in [5.74, 6) is -0.812. The second kappa shape index (κ2) is 11.6. The van der Waals surface area contributed by atoms with E-state index in [1.165, 1.54) is 0 Å². The molecular weight excluding hydrogens is 527 g/mol. The van der Waals surface area contributed by atoms with E-state index in [0.717, 1.165) is 23.1 Å². The molecule has 32 heavy (non-hydrogen) atoms. The number of primary amides is 1.